The zero-order valence-electron chi connectivity index (χ0n) is 18.6. The summed E-state index contributed by atoms with van der Waals surface area (Å²) in [6, 6.07) is 0. The van der Waals surface area contributed by atoms with Crippen LogP contribution in [0.4, 0.5) is 0 Å². The molecule has 1 atom stereocenters. The topological polar surface area (TPSA) is 72.7 Å². The van der Waals surface area contributed by atoms with E-state index in [4.69, 9.17) is 9.05 Å². The van der Waals surface area contributed by atoms with E-state index in [1.165, 1.54) is 70.6 Å². The summed E-state index contributed by atoms with van der Waals surface area (Å²) in [5.41, 5.74) is 2.94. The third-order valence-corrected chi connectivity index (χ3v) is 7.25. The van der Waals surface area contributed by atoms with Crippen LogP contribution < -0.4 is 9.88 Å². The molecule has 5 nitrogen and oxygen atoms in total. The number of thiazole rings is 1. The smallest absolute Gasteiger partial charge is 0.267 e. The molecule has 1 heterocycles. The van der Waals surface area contributed by atoms with E-state index in [-0.39, 0.29) is 13.2 Å². The minimum Gasteiger partial charge on any atom is -0.756 e. The lowest BCUT2D eigenvalue weighted by Gasteiger charge is -2.22. The molecular formula is C22H42NO4PS. The molecule has 0 fully saturated rings. The highest BCUT2D eigenvalue weighted by atomic mass is 32.1. The summed E-state index contributed by atoms with van der Waals surface area (Å²) in [4.78, 5) is 15.9. The predicted molar refractivity (Wildman–Crippen MR) is 119 cm³/mol. The van der Waals surface area contributed by atoms with Crippen molar-refractivity contribution in [2.24, 2.45) is 0 Å². The van der Waals surface area contributed by atoms with E-state index in [9.17, 15) is 9.46 Å². The van der Waals surface area contributed by atoms with E-state index in [1.807, 2.05) is 12.4 Å². The molecule has 0 aliphatic rings. The lowest BCUT2D eigenvalue weighted by Crippen LogP contribution is -2.11. The van der Waals surface area contributed by atoms with Crippen LogP contribution in [0.5, 0.6) is 0 Å². The van der Waals surface area contributed by atoms with Crippen molar-refractivity contribution >= 4 is 19.2 Å². The summed E-state index contributed by atoms with van der Waals surface area (Å²) in [6.45, 7) is 4.59. The lowest BCUT2D eigenvalue weighted by molar-refractivity contribution is -0.380. The monoisotopic (exact) mass is 447 g/mol. The Morgan fingerprint density at radius 2 is 1.34 bits per heavy atom. The molecule has 1 rings (SSSR count). The van der Waals surface area contributed by atoms with E-state index in [0.717, 1.165) is 29.8 Å². The van der Waals surface area contributed by atoms with Crippen molar-refractivity contribution in [2.45, 2.75) is 110 Å². The van der Waals surface area contributed by atoms with Gasteiger partial charge in [-0.1, -0.05) is 102 Å². The number of nitrogens with one attached hydrogen (secondary N) is 1. The summed E-state index contributed by atoms with van der Waals surface area (Å²) < 4.78 is 21.7. The largest absolute Gasteiger partial charge is 0.756 e. The molecule has 1 unspecified atom stereocenters. The molecule has 0 saturated carbocycles. The molecule has 7 heteroatoms. The highest BCUT2D eigenvalue weighted by Crippen LogP contribution is 2.38. The van der Waals surface area contributed by atoms with Gasteiger partial charge in [0.25, 0.3) is 7.82 Å². The van der Waals surface area contributed by atoms with Gasteiger partial charge in [-0.05, 0) is 6.42 Å². The number of aromatic amines is 1. The Kier molecular flexibility index (Phi) is 16.1. The van der Waals surface area contributed by atoms with Gasteiger partial charge in [0.1, 0.15) is 0 Å². The highest BCUT2D eigenvalue weighted by Gasteiger charge is 2.12. The first-order valence-corrected chi connectivity index (χ1v) is 13.9. The Hall–Kier alpha value is -0.260. The van der Waals surface area contributed by atoms with Crippen LogP contribution in [0.2, 0.25) is 0 Å². The Bertz CT molecular complexity index is 553. The van der Waals surface area contributed by atoms with Crippen LogP contribution in [0.1, 0.15) is 107 Å². The Morgan fingerprint density at radius 3 is 1.83 bits per heavy atom. The lowest BCUT2D eigenvalue weighted by atomic mass is 10.0. The van der Waals surface area contributed by atoms with Crippen molar-refractivity contribution < 1.29 is 23.5 Å². The number of hydrogen-bond acceptors (Lipinski definition) is 5. The third-order valence-electron chi connectivity index (χ3n) is 5.22. The second kappa shape index (κ2) is 17.4. The Labute approximate surface area is 182 Å². The first kappa shape index (κ1) is 26.8. The first-order valence-electron chi connectivity index (χ1n) is 11.6. The van der Waals surface area contributed by atoms with Crippen LogP contribution in [0.25, 0.3) is 0 Å². The number of aryl methyl sites for hydroxylation is 1. The van der Waals surface area contributed by atoms with Crippen LogP contribution in [0.15, 0.2) is 5.51 Å². The average molecular weight is 448 g/mol. The predicted octanol–water partition coefficient (Wildman–Crippen LogP) is 6.40. The highest BCUT2D eigenvalue weighted by molar-refractivity contribution is 7.45. The normalized spacial score (nSPS) is 13.6. The van der Waals surface area contributed by atoms with E-state index in [0.29, 0.717) is 6.42 Å². The van der Waals surface area contributed by atoms with E-state index in [2.05, 4.69) is 11.9 Å². The maximum Gasteiger partial charge on any atom is 0.267 e. The Balaban J connectivity index is 1.85. The molecule has 1 aromatic rings. The molecule has 0 aliphatic carbocycles. The van der Waals surface area contributed by atoms with Crippen LogP contribution >= 0.6 is 19.2 Å². The van der Waals surface area contributed by atoms with Gasteiger partial charge in [0.2, 0.25) is 5.51 Å². The van der Waals surface area contributed by atoms with E-state index >= 15 is 0 Å². The molecule has 0 aromatic carbocycles. The molecule has 29 heavy (non-hydrogen) atoms. The van der Waals surface area contributed by atoms with Gasteiger partial charge in [-0.25, -0.2) is 4.98 Å². The summed E-state index contributed by atoms with van der Waals surface area (Å²) in [5.74, 6) is 0. The van der Waals surface area contributed by atoms with Crippen molar-refractivity contribution in [1.29, 1.82) is 0 Å². The molecule has 0 bridgehead atoms. The maximum atomic E-state index is 11.8. The zero-order valence-corrected chi connectivity index (χ0v) is 20.3. The fourth-order valence-corrected chi connectivity index (χ4v) is 4.92. The summed E-state index contributed by atoms with van der Waals surface area (Å²) in [5, 5.41) is 0. The van der Waals surface area contributed by atoms with Crippen molar-refractivity contribution in [1.82, 2.24) is 0 Å². The van der Waals surface area contributed by atoms with Gasteiger partial charge >= 0.3 is 0 Å². The number of rotatable bonds is 20. The van der Waals surface area contributed by atoms with Crippen molar-refractivity contribution in [2.75, 3.05) is 13.2 Å². The molecule has 0 amide bonds. The molecular weight excluding hydrogens is 405 g/mol. The van der Waals surface area contributed by atoms with Crippen molar-refractivity contribution in [3.8, 4) is 0 Å². The molecule has 0 saturated heterocycles. The zero-order chi connectivity index (χ0) is 21.2. The van der Waals surface area contributed by atoms with Gasteiger partial charge in [0.05, 0.1) is 18.1 Å². The Morgan fingerprint density at radius 1 is 0.862 bits per heavy atom. The number of unbranched alkanes of at least 4 members (excludes halogenated alkanes) is 13. The van der Waals surface area contributed by atoms with Gasteiger partial charge in [0.15, 0.2) is 5.69 Å². The molecule has 0 aliphatic heterocycles. The van der Waals surface area contributed by atoms with Crippen LogP contribution in [-0.4, -0.2) is 13.2 Å². The van der Waals surface area contributed by atoms with Crippen molar-refractivity contribution in [3.05, 3.63) is 16.1 Å². The van der Waals surface area contributed by atoms with Crippen molar-refractivity contribution in [3.63, 3.8) is 0 Å². The van der Waals surface area contributed by atoms with Gasteiger partial charge in [-0.15, -0.1) is 0 Å². The summed E-state index contributed by atoms with van der Waals surface area (Å²) in [6.07, 6.45) is 18.4. The van der Waals surface area contributed by atoms with Gasteiger partial charge in [0, 0.05) is 13.3 Å². The van der Waals surface area contributed by atoms with Gasteiger partial charge in [-0.2, -0.15) is 0 Å². The second-order valence-electron chi connectivity index (χ2n) is 7.89. The second-order valence-corrected chi connectivity index (χ2v) is 10.3. The number of phosphoric acid groups is 1. The maximum absolute atomic E-state index is 11.8. The molecule has 1 N–H and O–H groups in total. The van der Waals surface area contributed by atoms with Gasteiger partial charge in [-0.3, -0.25) is 4.57 Å². The quantitative estimate of drug-likeness (QED) is 0.171. The fraction of sp³-hybridized carbons (Fsp3) is 0.864. The molecule has 0 radical (unpaired) electrons. The standard InChI is InChI=1S/C22H42NO4PS/c1-3-4-5-6-7-8-9-10-11-12-13-14-15-16-18-26-28(24,25)27-19-17-22-21(2)23-20-29-22/h20H,3-19H2,1-2H3,(H,24,25). The minimum absolute atomic E-state index is 0.134. The van der Waals surface area contributed by atoms with Crippen LogP contribution in [0, 0.1) is 6.92 Å². The fourth-order valence-electron chi connectivity index (χ4n) is 3.36. The first-order chi connectivity index (χ1) is 14.0. The molecule has 170 valence electrons. The molecule has 1 aromatic heterocycles. The van der Waals surface area contributed by atoms with E-state index < -0.39 is 7.82 Å². The number of aromatic nitrogens is 1. The van der Waals surface area contributed by atoms with E-state index in [1.54, 1.807) is 11.3 Å². The number of hydrogen-bond donors (Lipinski definition) is 0. The number of H-pyrrole nitrogens is 1. The van der Waals surface area contributed by atoms with Crippen LogP contribution in [-0.2, 0) is 20.0 Å². The SMILES string of the molecule is CCCCCCCCCCCCCCCCOP(=O)([O-])OCCc1sc[nH+]c1C. The molecule has 0 spiro atoms. The summed E-state index contributed by atoms with van der Waals surface area (Å²) >= 11 is 1.57. The van der Waals surface area contributed by atoms with Crippen LogP contribution in [0.3, 0.4) is 0 Å². The third kappa shape index (κ3) is 15.2. The average Bonchev–Trinajstić information content (AvgIpc) is 3.09. The van der Waals surface area contributed by atoms with Gasteiger partial charge < -0.3 is 13.9 Å². The minimum atomic E-state index is -4.17. The number of phosphoric ester groups is 1. The summed E-state index contributed by atoms with van der Waals surface area (Å²) in [7, 11) is -4.17.